The Kier molecular flexibility index (Phi) is 4.32. The zero-order valence-electron chi connectivity index (χ0n) is 16.6. The molecule has 6 nitrogen and oxygen atoms in total. The molecular formula is C23H26N4O2. The Morgan fingerprint density at radius 2 is 1.90 bits per heavy atom. The van der Waals surface area contributed by atoms with E-state index in [0.717, 1.165) is 36.2 Å². The predicted octanol–water partition coefficient (Wildman–Crippen LogP) is 3.43. The van der Waals surface area contributed by atoms with Gasteiger partial charge in [0.2, 0.25) is 5.91 Å². The summed E-state index contributed by atoms with van der Waals surface area (Å²) >= 11 is 0. The fourth-order valence-corrected chi connectivity index (χ4v) is 4.82. The Hall–Kier alpha value is -2.86. The van der Waals surface area contributed by atoms with E-state index in [-0.39, 0.29) is 17.9 Å². The molecule has 3 N–H and O–H groups in total. The zero-order chi connectivity index (χ0) is 20.0. The van der Waals surface area contributed by atoms with Crippen LogP contribution >= 0.6 is 0 Å². The van der Waals surface area contributed by atoms with Gasteiger partial charge in [-0.25, -0.2) is 0 Å². The summed E-state index contributed by atoms with van der Waals surface area (Å²) in [5, 5.41) is 15.4. The van der Waals surface area contributed by atoms with Crippen molar-refractivity contribution < 1.29 is 9.53 Å². The van der Waals surface area contributed by atoms with Gasteiger partial charge >= 0.3 is 0 Å². The Morgan fingerprint density at radius 1 is 1.14 bits per heavy atom. The molecular weight excluding hydrogens is 364 g/mol. The summed E-state index contributed by atoms with van der Waals surface area (Å²) in [4.78, 5) is 14.7. The molecule has 29 heavy (non-hydrogen) atoms. The first-order valence-corrected chi connectivity index (χ1v) is 10.3. The van der Waals surface area contributed by atoms with Gasteiger partial charge in [0.25, 0.3) is 0 Å². The first-order chi connectivity index (χ1) is 14.1. The Morgan fingerprint density at radius 3 is 2.62 bits per heavy atom. The van der Waals surface area contributed by atoms with Crippen LogP contribution in [0.3, 0.4) is 0 Å². The van der Waals surface area contributed by atoms with Crippen molar-refractivity contribution in [2.45, 2.75) is 44.2 Å². The molecule has 150 valence electrons. The highest BCUT2D eigenvalue weighted by Crippen LogP contribution is 2.47. The number of nitrogens with zero attached hydrogens (tertiary/aromatic N) is 1. The number of carbonyl (C=O) groups is 1. The molecule has 6 heteroatoms. The van der Waals surface area contributed by atoms with Crippen molar-refractivity contribution >= 4 is 23.2 Å². The lowest BCUT2D eigenvalue weighted by molar-refractivity contribution is -0.134. The molecule has 2 aromatic carbocycles. The summed E-state index contributed by atoms with van der Waals surface area (Å²) in [6, 6.07) is 14.6. The standard InChI is InChI=1S/C23H26N4O2/c1-15-5-7-16(8-6-15)25-20-4-2-3-19-18(20)13-23(19)14-21(28)27(22(24)26-23)17-9-11-29-12-10-17/h2-8,17,25H,9-14H2,1H3,(H2,24,26)/t23-/m0/s1. The van der Waals surface area contributed by atoms with Crippen LogP contribution < -0.4 is 10.6 Å². The number of ether oxygens (including phenoxy) is 1. The Bertz CT molecular complexity index is 945. The van der Waals surface area contributed by atoms with Gasteiger partial charge in [-0.05, 0) is 49.1 Å². The van der Waals surface area contributed by atoms with Crippen LogP contribution in [-0.4, -0.2) is 36.0 Å². The number of fused-ring (bicyclic) bond motifs is 2. The molecule has 1 spiro atoms. The lowest BCUT2D eigenvalue weighted by atomic mass is 9.67. The topological polar surface area (TPSA) is 77.5 Å². The summed E-state index contributed by atoms with van der Waals surface area (Å²) in [6.07, 6.45) is 2.73. The maximum atomic E-state index is 13.0. The van der Waals surface area contributed by atoms with Crippen molar-refractivity contribution in [3.8, 4) is 0 Å². The van der Waals surface area contributed by atoms with Crippen molar-refractivity contribution in [2.24, 2.45) is 0 Å². The molecule has 1 amide bonds. The number of hydrogen-bond donors (Lipinski definition) is 3. The Labute approximate surface area is 170 Å². The van der Waals surface area contributed by atoms with E-state index < -0.39 is 5.54 Å². The summed E-state index contributed by atoms with van der Waals surface area (Å²) in [5.41, 5.74) is 5.25. The normalized spacial score (nSPS) is 24.1. The monoisotopic (exact) mass is 390 g/mol. The molecule has 2 fully saturated rings. The fourth-order valence-electron chi connectivity index (χ4n) is 4.82. The third kappa shape index (κ3) is 3.08. The highest BCUT2D eigenvalue weighted by atomic mass is 16.5. The van der Waals surface area contributed by atoms with Crippen LogP contribution in [0, 0.1) is 12.3 Å². The van der Waals surface area contributed by atoms with E-state index in [4.69, 9.17) is 10.1 Å². The third-order valence-electron chi connectivity index (χ3n) is 6.38. The van der Waals surface area contributed by atoms with E-state index >= 15 is 0 Å². The Balaban J connectivity index is 1.37. The highest BCUT2D eigenvalue weighted by molar-refractivity contribution is 6.00. The second kappa shape index (κ2) is 6.88. The minimum Gasteiger partial charge on any atom is -0.381 e. The fraction of sp³-hybridized carbons (Fsp3) is 0.391. The minimum absolute atomic E-state index is 0.0446. The number of aryl methyl sites for hydroxylation is 1. The second-order valence-corrected chi connectivity index (χ2v) is 8.34. The lowest BCUT2D eigenvalue weighted by Crippen LogP contribution is -2.66. The third-order valence-corrected chi connectivity index (χ3v) is 6.38. The number of anilines is 2. The molecule has 2 saturated heterocycles. The number of amides is 1. The summed E-state index contributed by atoms with van der Waals surface area (Å²) in [5.74, 6) is 0.277. The molecule has 3 aliphatic rings. The molecule has 0 saturated carbocycles. The van der Waals surface area contributed by atoms with E-state index in [1.54, 1.807) is 4.90 Å². The van der Waals surface area contributed by atoms with Crippen LogP contribution in [0.2, 0.25) is 0 Å². The molecule has 0 aromatic heterocycles. The van der Waals surface area contributed by atoms with Gasteiger partial charge in [0.15, 0.2) is 5.96 Å². The molecule has 2 aromatic rings. The van der Waals surface area contributed by atoms with Crippen LogP contribution in [0.25, 0.3) is 0 Å². The van der Waals surface area contributed by atoms with Gasteiger partial charge in [0.05, 0.1) is 12.0 Å². The van der Waals surface area contributed by atoms with Gasteiger partial charge in [0, 0.05) is 37.1 Å². The van der Waals surface area contributed by atoms with Crippen molar-refractivity contribution in [2.75, 3.05) is 18.5 Å². The molecule has 1 atom stereocenters. The average Bonchev–Trinajstić information content (AvgIpc) is 2.70. The van der Waals surface area contributed by atoms with Gasteiger partial charge < -0.3 is 15.4 Å². The summed E-state index contributed by atoms with van der Waals surface area (Å²) in [6.45, 7) is 3.39. The largest absolute Gasteiger partial charge is 0.381 e. The number of guanidine groups is 1. The molecule has 2 heterocycles. The van der Waals surface area contributed by atoms with E-state index in [0.29, 0.717) is 19.6 Å². The van der Waals surface area contributed by atoms with E-state index in [2.05, 4.69) is 54.0 Å². The number of benzene rings is 2. The van der Waals surface area contributed by atoms with E-state index in [9.17, 15) is 4.79 Å². The quantitative estimate of drug-likeness (QED) is 0.750. The highest BCUT2D eigenvalue weighted by Gasteiger charge is 2.51. The smallest absolute Gasteiger partial charge is 0.232 e. The van der Waals surface area contributed by atoms with Crippen molar-refractivity contribution in [3.63, 3.8) is 0 Å². The van der Waals surface area contributed by atoms with Crippen molar-refractivity contribution in [1.82, 2.24) is 10.2 Å². The van der Waals surface area contributed by atoms with Crippen LogP contribution in [0.4, 0.5) is 11.4 Å². The van der Waals surface area contributed by atoms with E-state index in [1.807, 2.05) is 6.07 Å². The van der Waals surface area contributed by atoms with Gasteiger partial charge in [-0.1, -0.05) is 29.8 Å². The zero-order valence-corrected chi connectivity index (χ0v) is 16.6. The van der Waals surface area contributed by atoms with E-state index in [1.165, 1.54) is 11.1 Å². The minimum atomic E-state index is -0.448. The van der Waals surface area contributed by atoms with Gasteiger partial charge in [-0.2, -0.15) is 0 Å². The molecule has 5 rings (SSSR count). The lowest BCUT2D eigenvalue weighted by Gasteiger charge is -2.51. The maximum absolute atomic E-state index is 13.0. The molecule has 2 aliphatic heterocycles. The van der Waals surface area contributed by atoms with Crippen molar-refractivity contribution in [3.05, 3.63) is 59.2 Å². The predicted molar refractivity (Wildman–Crippen MR) is 112 cm³/mol. The summed E-state index contributed by atoms with van der Waals surface area (Å²) < 4.78 is 5.41. The first kappa shape index (κ1) is 18.2. The number of nitrogens with one attached hydrogen (secondary N) is 3. The number of hydrogen-bond acceptors (Lipinski definition) is 4. The van der Waals surface area contributed by atoms with Gasteiger partial charge in [-0.3, -0.25) is 15.1 Å². The molecule has 0 bridgehead atoms. The SMILES string of the molecule is Cc1ccc(Nc2cccc3c2C[C@]32CC(=O)N(C3CCOCC3)C(=N)N2)cc1. The van der Waals surface area contributed by atoms with Crippen LogP contribution in [0.5, 0.6) is 0 Å². The molecule has 0 radical (unpaired) electrons. The van der Waals surface area contributed by atoms with Gasteiger partial charge in [0.1, 0.15) is 0 Å². The van der Waals surface area contributed by atoms with Crippen molar-refractivity contribution in [1.29, 1.82) is 5.41 Å². The first-order valence-electron chi connectivity index (χ1n) is 10.3. The number of rotatable bonds is 3. The number of carbonyl (C=O) groups excluding carboxylic acids is 1. The van der Waals surface area contributed by atoms with Crippen LogP contribution in [0.1, 0.15) is 36.0 Å². The molecule has 0 unspecified atom stereocenters. The molecule has 1 aliphatic carbocycles. The summed E-state index contributed by atoms with van der Waals surface area (Å²) in [7, 11) is 0. The average molecular weight is 390 g/mol. The van der Waals surface area contributed by atoms with Gasteiger partial charge in [-0.15, -0.1) is 0 Å². The van der Waals surface area contributed by atoms with Crippen LogP contribution in [-0.2, 0) is 21.5 Å². The second-order valence-electron chi connectivity index (χ2n) is 8.34. The maximum Gasteiger partial charge on any atom is 0.232 e. The van der Waals surface area contributed by atoms with Crippen LogP contribution in [0.15, 0.2) is 42.5 Å².